The summed E-state index contributed by atoms with van der Waals surface area (Å²) in [5.41, 5.74) is 1.47. The molecular weight excluding hydrogens is 252 g/mol. The van der Waals surface area contributed by atoms with Gasteiger partial charge in [-0.3, -0.25) is 9.69 Å². The molecule has 108 valence electrons. The summed E-state index contributed by atoms with van der Waals surface area (Å²) in [5.74, 6) is 0.0753. The Bertz CT molecular complexity index is 485. The van der Waals surface area contributed by atoms with Crippen molar-refractivity contribution in [2.75, 3.05) is 39.3 Å². The van der Waals surface area contributed by atoms with Gasteiger partial charge in [0.05, 0.1) is 0 Å². The van der Waals surface area contributed by atoms with Crippen LogP contribution in [0.15, 0.2) is 18.2 Å². The number of carbonyl (C=O) groups is 1. The molecule has 5 nitrogen and oxygen atoms in total. The number of likely N-dealkylation sites (tertiary alicyclic amines) is 1. The molecule has 0 radical (unpaired) electrons. The van der Waals surface area contributed by atoms with Crippen LogP contribution in [-0.2, 0) is 0 Å². The fourth-order valence-electron chi connectivity index (χ4n) is 3.10. The van der Waals surface area contributed by atoms with Crippen LogP contribution < -0.4 is 5.32 Å². The lowest BCUT2D eigenvalue weighted by molar-refractivity contribution is 0.0767. The number of nitrogens with one attached hydrogen (secondary N) is 1. The highest BCUT2D eigenvalue weighted by Crippen LogP contribution is 2.18. The molecule has 2 saturated heterocycles. The van der Waals surface area contributed by atoms with Gasteiger partial charge in [0, 0.05) is 51.0 Å². The molecule has 1 aromatic heterocycles. The van der Waals surface area contributed by atoms with Gasteiger partial charge in [-0.25, -0.2) is 4.98 Å². The summed E-state index contributed by atoms with van der Waals surface area (Å²) in [5, 5.41) is 3.37. The number of nitrogens with zero attached hydrogens (tertiary/aromatic N) is 3. The summed E-state index contributed by atoms with van der Waals surface area (Å²) in [6, 6.07) is 6.16. The second kappa shape index (κ2) is 5.89. The van der Waals surface area contributed by atoms with E-state index in [9.17, 15) is 4.79 Å². The normalized spacial score (nSPS) is 24.1. The maximum absolute atomic E-state index is 12.5. The number of hydrogen-bond donors (Lipinski definition) is 1. The summed E-state index contributed by atoms with van der Waals surface area (Å²) in [7, 11) is 0. The highest BCUT2D eigenvalue weighted by molar-refractivity contribution is 5.92. The van der Waals surface area contributed by atoms with Gasteiger partial charge in [-0.05, 0) is 25.5 Å². The van der Waals surface area contributed by atoms with Crippen LogP contribution in [0.4, 0.5) is 0 Å². The summed E-state index contributed by atoms with van der Waals surface area (Å²) in [6.07, 6.45) is 1.08. The van der Waals surface area contributed by atoms with Crippen molar-refractivity contribution < 1.29 is 4.79 Å². The van der Waals surface area contributed by atoms with E-state index in [1.807, 2.05) is 30.0 Å². The molecule has 0 bridgehead atoms. The van der Waals surface area contributed by atoms with Gasteiger partial charge in [0.2, 0.25) is 0 Å². The van der Waals surface area contributed by atoms with Crippen LogP contribution in [0, 0.1) is 6.92 Å². The van der Waals surface area contributed by atoms with Crippen LogP contribution in [0.2, 0.25) is 0 Å². The molecule has 1 unspecified atom stereocenters. The Balaban J connectivity index is 1.63. The van der Waals surface area contributed by atoms with E-state index in [2.05, 4.69) is 15.2 Å². The van der Waals surface area contributed by atoms with Crippen LogP contribution in [-0.4, -0.2) is 66.0 Å². The molecule has 1 amide bonds. The Labute approximate surface area is 120 Å². The standard InChI is InChI=1S/C15H22N4O/c1-12-3-2-4-14(17-12)15(20)19-8-5-13(11-19)18-9-6-16-7-10-18/h2-4,13,16H,5-11H2,1H3. The zero-order valence-corrected chi connectivity index (χ0v) is 12.0. The molecule has 0 aliphatic carbocycles. The molecule has 3 rings (SSSR count). The van der Waals surface area contributed by atoms with Gasteiger partial charge in [-0.1, -0.05) is 6.07 Å². The molecule has 2 aliphatic rings. The van der Waals surface area contributed by atoms with Crippen LogP contribution in [0.25, 0.3) is 0 Å². The van der Waals surface area contributed by atoms with E-state index in [-0.39, 0.29) is 5.91 Å². The average molecular weight is 274 g/mol. The summed E-state index contributed by atoms with van der Waals surface area (Å²) >= 11 is 0. The number of piperazine rings is 1. The Kier molecular flexibility index (Phi) is 3.98. The topological polar surface area (TPSA) is 48.5 Å². The van der Waals surface area contributed by atoms with E-state index in [0.717, 1.165) is 51.4 Å². The van der Waals surface area contributed by atoms with Crippen molar-refractivity contribution in [3.63, 3.8) is 0 Å². The van der Waals surface area contributed by atoms with E-state index in [1.54, 1.807) is 0 Å². The number of hydrogen-bond acceptors (Lipinski definition) is 4. The Morgan fingerprint density at radius 2 is 2.10 bits per heavy atom. The second-order valence-corrected chi connectivity index (χ2v) is 5.64. The summed E-state index contributed by atoms with van der Waals surface area (Å²) < 4.78 is 0. The first-order valence-electron chi connectivity index (χ1n) is 7.42. The molecular formula is C15H22N4O. The Morgan fingerprint density at radius 3 is 2.85 bits per heavy atom. The average Bonchev–Trinajstić information content (AvgIpc) is 2.97. The van der Waals surface area contributed by atoms with Gasteiger partial charge in [0.1, 0.15) is 5.69 Å². The monoisotopic (exact) mass is 274 g/mol. The number of aryl methyl sites for hydroxylation is 1. The lowest BCUT2D eigenvalue weighted by Crippen LogP contribution is -2.49. The third kappa shape index (κ3) is 2.83. The van der Waals surface area contributed by atoms with Crippen molar-refractivity contribution in [1.29, 1.82) is 0 Å². The van der Waals surface area contributed by atoms with Crippen LogP contribution in [0.3, 0.4) is 0 Å². The zero-order valence-electron chi connectivity index (χ0n) is 12.0. The number of carbonyl (C=O) groups excluding carboxylic acids is 1. The highest BCUT2D eigenvalue weighted by Gasteiger charge is 2.31. The van der Waals surface area contributed by atoms with Crippen molar-refractivity contribution in [1.82, 2.24) is 20.1 Å². The molecule has 1 N–H and O–H groups in total. The van der Waals surface area contributed by atoms with Gasteiger partial charge >= 0.3 is 0 Å². The van der Waals surface area contributed by atoms with E-state index in [4.69, 9.17) is 0 Å². The predicted octanol–water partition coefficient (Wildman–Crippen LogP) is 0.510. The van der Waals surface area contributed by atoms with Gasteiger partial charge in [-0.2, -0.15) is 0 Å². The summed E-state index contributed by atoms with van der Waals surface area (Å²) in [4.78, 5) is 21.3. The molecule has 20 heavy (non-hydrogen) atoms. The molecule has 1 aromatic rings. The van der Waals surface area contributed by atoms with E-state index < -0.39 is 0 Å². The van der Waals surface area contributed by atoms with Crippen molar-refractivity contribution in [3.8, 4) is 0 Å². The van der Waals surface area contributed by atoms with Crippen molar-refractivity contribution in [2.24, 2.45) is 0 Å². The predicted molar refractivity (Wildman–Crippen MR) is 77.7 cm³/mol. The molecule has 1 atom stereocenters. The number of rotatable bonds is 2. The Morgan fingerprint density at radius 1 is 1.30 bits per heavy atom. The minimum Gasteiger partial charge on any atom is -0.336 e. The van der Waals surface area contributed by atoms with Crippen LogP contribution >= 0.6 is 0 Å². The first kappa shape index (κ1) is 13.5. The van der Waals surface area contributed by atoms with E-state index in [1.165, 1.54) is 0 Å². The Hall–Kier alpha value is -1.46. The van der Waals surface area contributed by atoms with Gasteiger partial charge in [-0.15, -0.1) is 0 Å². The third-order valence-corrected chi connectivity index (χ3v) is 4.23. The lowest BCUT2D eigenvalue weighted by Gasteiger charge is -2.32. The van der Waals surface area contributed by atoms with Gasteiger partial charge < -0.3 is 10.2 Å². The molecule has 5 heteroatoms. The number of amides is 1. The van der Waals surface area contributed by atoms with Crippen molar-refractivity contribution in [3.05, 3.63) is 29.6 Å². The minimum atomic E-state index is 0.0753. The molecule has 0 saturated carbocycles. The highest BCUT2D eigenvalue weighted by atomic mass is 16.2. The lowest BCUT2D eigenvalue weighted by atomic mass is 10.2. The minimum absolute atomic E-state index is 0.0753. The van der Waals surface area contributed by atoms with E-state index in [0.29, 0.717) is 11.7 Å². The smallest absolute Gasteiger partial charge is 0.272 e. The fraction of sp³-hybridized carbons (Fsp3) is 0.600. The largest absolute Gasteiger partial charge is 0.336 e. The summed E-state index contributed by atoms with van der Waals surface area (Å²) in [6.45, 7) is 7.92. The molecule has 3 heterocycles. The first-order chi connectivity index (χ1) is 9.74. The fourth-order valence-corrected chi connectivity index (χ4v) is 3.10. The van der Waals surface area contributed by atoms with E-state index >= 15 is 0 Å². The third-order valence-electron chi connectivity index (χ3n) is 4.23. The maximum Gasteiger partial charge on any atom is 0.272 e. The quantitative estimate of drug-likeness (QED) is 0.854. The maximum atomic E-state index is 12.5. The number of aromatic nitrogens is 1. The SMILES string of the molecule is Cc1cccc(C(=O)N2CCC(N3CCNCC3)C2)n1. The first-order valence-corrected chi connectivity index (χ1v) is 7.42. The van der Waals surface area contributed by atoms with Crippen molar-refractivity contribution in [2.45, 2.75) is 19.4 Å². The van der Waals surface area contributed by atoms with Gasteiger partial charge in [0.15, 0.2) is 0 Å². The number of pyridine rings is 1. The van der Waals surface area contributed by atoms with Crippen molar-refractivity contribution >= 4 is 5.91 Å². The second-order valence-electron chi connectivity index (χ2n) is 5.64. The van der Waals surface area contributed by atoms with Gasteiger partial charge in [0.25, 0.3) is 5.91 Å². The molecule has 0 aromatic carbocycles. The molecule has 0 spiro atoms. The van der Waals surface area contributed by atoms with Crippen LogP contribution in [0.1, 0.15) is 22.6 Å². The zero-order chi connectivity index (χ0) is 13.9. The molecule has 2 aliphatic heterocycles. The van der Waals surface area contributed by atoms with Crippen LogP contribution in [0.5, 0.6) is 0 Å². The molecule has 2 fully saturated rings.